The van der Waals surface area contributed by atoms with Gasteiger partial charge in [0.15, 0.2) is 0 Å². The summed E-state index contributed by atoms with van der Waals surface area (Å²) in [4.78, 5) is 13.6. The maximum Gasteiger partial charge on any atom is 0.260 e. The molecule has 3 N–H and O–H groups in total. The summed E-state index contributed by atoms with van der Waals surface area (Å²) in [6.07, 6.45) is 0.176. The summed E-state index contributed by atoms with van der Waals surface area (Å²) in [5.74, 6) is -1.02. The van der Waals surface area contributed by atoms with Crippen molar-refractivity contribution in [3.63, 3.8) is 0 Å². The highest BCUT2D eigenvalue weighted by molar-refractivity contribution is 5.97. The Balaban J connectivity index is 3.00. The van der Waals surface area contributed by atoms with Crippen molar-refractivity contribution in [1.29, 1.82) is 0 Å². The number of halogens is 1. The molecule has 0 aromatic heterocycles. The van der Waals surface area contributed by atoms with E-state index in [2.05, 4.69) is 5.16 Å². The van der Waals surface area contributed by atoms with Crippen molar-refractivity contribution in [2.24, 2.45) is 10.9 Å². The molecule has 20 heavy (non-hydrogen) atoms. The lowest BCUT2D eigenvalue weighted by atomic mass is 10.1. The summed E-state index contributed by atoms with van der Waals surface area (Å²) in [5, 5.41) is 11.4. The Kier molecular flexibility index (Phi) is 5.31. The summed E-state index contributed by atoms with van der Waals surface area (Å²) in [6.45, 7) is 1.71. The molecule has 0 fully saturated rings. The molecule has 0 aliphatic carbocycles. The number of amides is 1. The fourth-order valence-electron chi connectivity index (χ4n) is 1.74. The lowest BCUT2D eigenvalue weighted by Crippen LogP contribution is -2.38. The molecule has 1 amide bonds. The molecule has 110 valence electrons. The summed E-state index contributed by atoms with van der Waals surface area (Å²) in [5.41, 5.74) is 5.26. The van der Waals surface area contributed by atoms with E-state index >= 15 is 0 Å². The molecule has 1 aromatic rings. The first kappa shape index (κ1) is 15.7. The van der Waals surface area contributed by atoms with Crippen molar-refractivity contribution in [3.8, 4) is 5.75 Å². The Hall–Kier alpha value is -2.31. The Morgan fingerprint density at radius 3 is 2.80 bits per heavy atom. The van der Waals surface area contributed by atoms with Crippen LogP contribution in [0.25, 0.3) is 0 Å². The van der Waals surface area contributed by atoms with E-state index in [-0.39, 0.29) is 29.6 Å². The number of amidine groups is 1. The van der Waals surface area contributed by atoms with Crippen LogP contribution >= 0.6 is 0 Å². The van der Waals surface area contributed by atoms with Crippen LogP contribution in [0.4, 0.5) is 4.39 Å². The van der Waals surface area contributed by atoms with Crippen LogP contribution in [0.2, 0.25) is 0 Å². The molecule has 1 unspecified atom stereocenters. The number of hydrogen-bond donors (Lipinski definition) is 2. The number of oxime groups is 1. The van der Waals surface area contributed by atoms with E-state index in [1.54, 1.807) is 6.92 Å². The number of ether oxygens (including phenoxy) is 1. The van der Waals surface area contributed by atoms with Gasteiger partial charge in [-0.2, -0.15) is 0 Å². The molecule has 0 spiro atoms. The molecular weight excluding hydrogens is 265 g/mol. The first-order valence-corrected chi connectivity index (χ1v) is 5.98. The molecule has 0 aliphatic rings. The number of nitrogens with zero attached hydrogens (tertiary/aromatic N) is 2. The normalized spacial score (nSPS) is 12.9. The second-order valence-corrected chi connectivity index (χ2v) is 4.38. The third-order valence-electron chi connectivity index (χ3n) is 3.02. The van der Waals surface area contributed by atoms with E-state index < -0.39 is 11.7 Å². The molecule has 0 bridgehead atoms. The van der Waals surface area contributed by atoms with Gasteiger partial charge in [0.05, 0.1) is 7.11 Å². The standard InChI is InChI=1S/C13H18FN3O3/c1-8(7-11(15)16-19)17(2)13(18)12-9(14)5-4-6-10(12)20-3/h4-6,8,19H,7H2,1-3H3,(H2,15,16). The van der Waals surface area contributed by atoms with Crippen LogP contribution in [0, 0.1) is 5.82 Å². The highest BCUT2D eigenvalue weighted by Gasteiger charge is 2.24. The average Bonchev–Trinajstić information content (AvgIpc) is 2.44. The Labute approximate surface area is 116 Å². The number of methoxy groups -OCH3 is 1. The highest BCUT2D eigenvalue weighted by Crippen LogP contribution is 2.23. The minimum Gasteiger partial charge on any atom is -0.496 e. The molecule has 1 atom stereocenters. The van der Waals surface area contributed by atoms with Gasteiger partial charge in [0.1, 0.15) is 23.0 Å². The van der Waals surface area contributed by atoms with Gasteiger partial charge in [0.25, 0.3) is 5.91 Å². The smallest absolute Gasteiger partial charge is 0.260 e. The van der Waals surface area contributed by atoms with Crippen molar-refractivity contribution in [2.75, 3.05) is 14.2 Å². The number of hydrogen-bond acceptors (Lipinski definition) is 4. The minimum absolute atomic E-state index is 0.00218. The summed E-state index contributed by atoms with van der Waals surface area (Å²) in [6, 6.07) is 3.81. The first-order chi connectivity index (χ1) is 9.42. The van der Waals surface area contributed by atoms with Gasteiger partial charge in [-0.3, -0.25) is 4.79 Å². The van der Waals surface area contributed by atoms with E-state index in [9.17, 15) is 9.18 Å². The van der Waals surface area contributed by atoms with Crippen molar-refractivity contribution < 1.29 is 19.1 Å². The molecule has 1 rings (SSSR count). The van der Waals surface area contributed by atoms with Gasteiger partial charge in [-0.1, -0.05) is 11.2 Å². The lowest BCUT2D eigenvalue weighted by Gasteiger charge is -2.25. The number of carbonyl (C=O) groups excluding carboxylic acids is 1. The van der Waals surface area contributed by atoms with Gasteiger partial charge in [-0.15, -0.1) is 0 Å². The molecule has 0 radical (unpaired) electrons. The molecule has 1 aromatic carbocycles. The van der Waals surface area contributed by atoms with Crippen LogP contribution in [0.3, 0.4) is 0 Å². The highest BCUT2D eigenvalue weighted by atomic mass is 19.1. The zero-order chi connectivity index (χ0) is 15.3. The van der Waals surface area contributed by atoms with Gasteiger partial charge >= 0.3 is 0 Å². The molecule has 6 nitrogen and oxygen atoms in total. The lowest BCUT2D eigenvalue weighted by molar-refractivity contribution is 0.0739. The minimum atomic E-state index is -0.655. The monoisotopic (exact) mass is 283 g/mol. The SMILES string of the molecule is COc1cccc(F)c1C(=O)N(C)C(C)CC(N)=NO. The zero-order valence-electron chi connectivity index (χ0n) is 11.6. The first-order valence-electron chi connectivity index (χ1n) is 5.98. The number of nitrogens with two attached hydrogens (primary N) is 1. The maximum absolute atomic E-state index is 13.8. The van der Waals surface area contributed by atoms with Crippen LogP contribution in [0.5, 0.6) is 5.75 Å². The molecule has 0 saturated heterocycles. The predicted molar refractivity (Wildman–Crippen MR) is 72.5 cm³/mol. The van der Waals surface area contributed by atoms with Gasteiger partial charge in [0, 0.05) is 19.5 Å². The zero-order valence-corrected chi connectivity index (χ0v) is 11.6. The Bertz CT molecular complexity index is 520. The van der Waals surface area contributed by atoms with E-state index in [1.165, 1.54) is 37.3 Å². The topological polar surface area (TPSA) is 88.2 Å². The molecular formula is C13H18FN3O3. The largest absolute Gasteiger partial charge is 0.496 e. The average molecular weight is 283 g/mol. The van der Waals surface area contributed by atoms with Crippen LogP contribution in [-0.2, 0) is 0 Å². The van der Waals surface area contributed by atoms with E-state index in [1.807, 2.05) is 0 Å². The quantitative estimate of drug-likeness (QED) is 0.370. The molecule has 0 aliphatic heterocycles. The van der Waals surface area contributed by atoms with Gasteiger partial charge in [0.2, 0.25) is 0 Å². The molecule has 0 saturated carbocycles. The van der Waals surface area contributed by atoms with E-state index in [0.29, 0.717) is 0 Å². The van der Waals surface area contributed by atoms with Crippen LogP contribution in [0.1, 0.15) is 23.7 Å². The van der Waals surface area contributed by atoms with Gasteiger partial charge in [-0.25, -0.2) is 4.39 Å². The van der Waals surface area contributed by atoms with Gasteiger partial charge in [-0.05, 0) is 19.1 Å². The van der Waals surface area contributed by atoms with Gasteiger partial charge < -0.3 is 20.6 Å². The van der Waals surface area contributed by atoms with Crippen LogP contribution < -0.4 is 10.5 Å². The van der Waals surface area contributed by atoms with Crippen molar-refractivity contribution >= 4 is 11.7 Å². The fourth-order valence-corrected chi connectivity index (χ4v) is 1.74. The van der Waals surface area contributed by atoms with Crippen LogP contribution in [0.15, 0.2) is 23.4 Å². The fraction of sp³-hybridized carbons (Fsp3) is 0.385. The summed E-state index contributed by atoms with van der Waals surface area (Å²) in [7, 11) is 2.88. The van der Waals surface area contributed by atoms with Crippen LogP contribution in [-0.4, -0.2) is 42.0 Å². The number of carbonyl (C=O) groups is 1. The third-order valence-corrected chi connectivity index (χ3v) is 3.02. The second-order valence-electron chi connectivity index (χ2n) is 4.38. The number of benzene rings is 1. The van der Waals surface area contributed by atoms with E-state index in [0.717, 1.165) is 0 Å². The summed E-state index contributed by atoms with van der Waals surface area (Å²) >= 11 is 0. The predicted octanol–water partition coefficient (Wildman–Crippen LogP) is 1.43. The molecule has 7 heteroatoms. The van der Waals surface area contributed by atoms with E-state index in [4.69, 9.17) is 15.7 Å². The third kappa shape index (κ3) is 3.37. The summed E-state index contributed by atoms with van der Waals surface area (Å²) < 4.78 is 18.8. The Morgan fingerprint density at radius 1 is 1.60 bits per heavy atom. The Morgan fingerprint density at radius 2 is 2.25 bits per heavy atom. The van der Waals surface area contributed by atoms with Crippen molar-refractivity contribution in [1.82, 2.24) is 4.90 Å². The maximum atomic E-state index is 13.8. The number of rotatable bonds is 5. The molecule has 0 heterocycles. The van der Waals surface area contributed by atoms with Crippen molar-refractivity contribution in [3.05, 3.63) is 29.6 Å². The second kappa shape index (κ2) is 6.74. The van der Waals surface area contributed by atoms with Crippen molar-refractivity contribution in [2.45, 2.75) is 19.4 Å².